The third-order valence-electron chi connectivity index (χ3n) is 6.13. The number of amides is 1. The molecule has 2 aromatic rings. The molecule has 0 bridgehead atoms. The van der Waals surface area contributed by atoms with Crippen LogP contribution >= 0.6 is 0 Å². The number of rotatable bonds is 7. The lowest BCUT2D eigenvalue weighted by molar-refractivity contribution is -0.143. The van der Waals surface area contributed by atoms with Crippen LogP contribution in [0.25, 0.3) is 0 Å². The summed E-state index contributed by atoms with van der Waals surface area (Å²) in [7, 11) is 1.56. The first kappa shape index (κ1) is 24.6. The number of benzene rings is 2. The van der Waals surface area contributed by atoms with Crippen LogP contribution < -0.4 is 9.47 Å². The van der Waals surface area contributed by atoms with Gasteiger partial charge in [-0.15, -0.1) is 0 Å². The van der Waals surface area contributed by atoms with E-state index in [9.17, 15) is 20.1 Å². The highest BCUT2D eigenvalue weighted by atomic mass is 16.5. The molecule has 3 N–H and O–H groups in total. The fourth-order valence-corrected chi connectivity index (χ4v) is 4.48. The van der Waals surface area contributed by atoms with Crippen molar-refractivity contribution in [1.29, 1.82) is 0 Å². The highest BCUT2D eigenvalue weighted by Crippen LogP contribution is 2.42. The quantitative estimate of drug-likeness (QED) is 0.553. The number of hydrogen-bond acceptors (Lipinski definition) is 6. The maximum atomic E-state index is 12.6. The molecule has 7 heteroatoms. The molecule has 0 spiro atoms. The minimum absolute atomic E-state index is 0.170. The molecule has 1 saturated heterocycles. The van der Waals surface area contributed by atoms with E-state index < -0.39 is 24.7 Å². The van der Waals surface area contributed by atoms with Gasteiger partial charge in [0.1, 0.15) is 6.61 Å². The molecule has 1 aliphatic rings. The Morgan fingerprint density at radius 1 is 1.18 bits per heavy atom. The molecule has 0 saturated carbocycles. The second kappa shape index (κ2) is 11.2. The molecule has 176 valence electrons. The number of likely N-dealkylation sites (tertiary alicyclic amines) is 1. The average Bonchev–Trinajstić information content (AvgIpc) is 3.18. The number of carbonyl (C=O) groups excluding carboxylic acids is 1. The number of nitrogens with zero attached hydrogens (tertiary/aromatic N) is 1. The Morgan fingerprint density at radius 2 is 1.91 bits per heavy atom. The number of carbonyl (C=O) groups is 1. The number of aliphatic hydroxyl groups excluding tert-OH is 3. The second-order valence-corrected chi connectivity index (χ2v) is 8.22. The van der Waals surface area contributed by atoms with Crippen molar-refractivity contribution in [3.05, 3.63) is 59.7 Å². The minimum Gasteiger partial charge on any atom is -0.493 e. The molecule has 3 rings (SSSR count). The fraction of sp³-hybridized carbons (Fsp3) is 0.423. The van der Waals surface area contributed by atoms with Crippen molar-refractivity contribution in [3.63, 3.8) is 0 Å². The van der Waals surface area contributed by atoms with Crippen LogP contribution in [-0.4, -0.2) is 71.2 Å². The Hall–Kier alpha value is -3.05. The molecule has 1 heterocycles. The molecule has 33 heavy (non-hydrogen) atoms. The van der Waals surface area contributed by atoms with Crippen molar-refractivity contribution in [2.75, 3.05) is 26.9 Å². The molecule has 0 aromatic heterocycles. The normalized spacial score (nSPS) is 21.6. The van der Waals surface area contributed by atoms with Crippen LogP contribution in [0.5, 0.6) is 11.5 Å². The standard InChI is InChI=1S/C26H31NO6/c1-17-25(18(2)29)21(15-27(17)26(31)22(30)16-28)20-11-12-23(32-3)24(14-20)33-13-7-10-19-8-5-4-6-9-19/h4-6,8-9,11-12,14,17-18,21-22,25,28-30H,13,15-16H2,1-3H3/t17-,18+,21+,22-,25-/m0/s1. The SMILES string of the molecule is COc1ccc([C@H]2CN(C(=O)[C@@H](O)CO)[C@@H](C)[C@H]2[C@@H](C)O)cc1OCC#Cc1ccccc1. The van der Waals surface area contributed by atoms with Crippen LogP contribution in [0, 0.1) is 17.8 Å². The molecule has 7 nitrogen and oxygen atoms in total. The Labute approximate surface area is 194 Å². The topological polar surface area (TPSA) is 99.5 Å². The minimum atomic E-state index is -1.47. The average molecular weight is 454 g/mol. The van der Waals surface area contributed by atoms with E-state index in [1.807, 2.05) is 49.4 Å². The van der Waals surface area contributed by atoms with Crippen LogP contribution in [0.1, 0.15) is 30.9 Å². The Morgan fingerprint density at radius 3 is 2.55 bits per heavy atom. The van der Waals surface area contributed by atoms with Crippen LogP contribution in [0.4, 0.5) is 0 Å². The fourth-order valence-electron chi connectivity index (χ4n) is 4.48. The van der Waals surface area contributed by atoms with E-state index in [0.29, 0.717) is 18.0 Å². The second-order valence-electron chi connectivity index (χ2n) is 8.22. The van der Waals surface area contributed by atoms with Crippen molar-refractivity contribution in [2.24, 2.45) is 5.92 Å². The van der Waals surface area contributed by atoms with Gasteiger partial charge in [-0.25, -0.2) is 0 Å². The van der Waals surface area contributed by atoms with Gasteiger partial charge in [0.15, 0.2) is 17.6 Å². The summed E-state index contributed by atoms with van der Waals surface area (Å²) in [6.07, 6.45) is -2.16. The maximum absolute atomic E-state index is 12.6. The third-order valence-corrected chi connectivity index (χ3v) is 6.13. The van der Waals surface area contributed by atoms with Crippen LogP contribution in [-0.2, 0) is 4.79 Å². The largest absolute Gasteiger partial charge is 0.493 e. The lowest BCUT2D eigenvalue weighted by atomic mass is 9.82. The van der Waals surface area contributed by atoms with Gasteiger partial charge in [0.2, 0.25) is 0 Å². The van der Waals surface area contributed by atoms with Gasteiger partial charge in [-0.1, -0.05) is 36.1 Å². The molecular formula is C26H31NO6. The zero-order valence-corrected chi connectivity index (χ0v) is 19.1. The highest BCUT2D eigenvalue weighted by Gasteiger charge is 2.45. The van der Waals surface area contributed by atoms with E-state index >= 15 is 0 Å². The summed E-state index contributed by atoms with van der Waals surface area (Å²) in [4.78, 5) is 14.1. The lowest BCUT2D eigenvalue weighted by Crippen LogP contribution is -2.44. The molecule has 2 aromatic carbocycles. The Kier molecular flexibility index (Phi) is 8.34. The van der Waals surface area contributed by atoms with Crippen molar-refractivity contribution >= 4 is 5.91 Å². The van der Waals surface area contributed by atoms with E-state index in [-0.39, 0.29) is 24.5 Å². The summed E-state index contributed by atoms with van der Waals surface area (Å²) in [5, 5.41) is 29.5. The Bertz CT molecular complexity index is 997. The number of methoxy groups -OCH3 is 1. The van der Waals surface area contributed by atoms with Gasteiger partial charge in [0.25, 0.3) is 5.91 Å². The van der Waals surface area contributed by atoms with Gasteiger partial charge in [-0.2, -0.15) is 0 Å². The summed E-state index contributed by atoms with van der Waals surface area (Å²) in [5.41, 5.74) is 1.78. The van der Waals surface area contributed by atoms with Gasteiger partial charge in [-0.3, -0.25) is 4.79 Å². The van der Waals surface area contributed by atoms with Gasteiger partial charge in [-0.05, 0) is 43.7 Å². The summed E-state index contributed by atoms with van der Waals surface area (Å²) < 4.78 is 11.3. The van der Waals surface area contributed by atoms with E-state index in [0.717, 1.165) is 11.1 Å². The molecule has 1 aliphatic heterocycles. The molecule has 0 radical (unpaired) electrons. The van der Waals surface area contributed by atoms with Crippen molar-refractivity contribution in [3.8, 4) is 23.3 Å². The smallest absolute Gasteiger partial charge is 0.254 e. The number of hydrogen-bond donors (Lipinski definition) is 3. The van der Waals surface area contributed by atoms with Gasteiger partial charge >= 0.3 is 0 Å². The van der Waals surface area contributed by atoms with Crippen molar-refractivity contribution < 1.29 is 29.6 Å². The van der Waals surface area contributed by atoms with Crippen molar-refractivity contribution in [2.45, 2.75) is 38.0 Å². The van der Waals surface area contributed by atoms with Crippen molar-refractivity contribution in [1.82, 2.24) is 4.90 Å². The van der Waals surface area contributed by atoms with Gasteiger partial charge < -0.3 is 29.7 Å². The maximum Gasteiger partial charge on any atom is 0.254 e. The zero-order valence-electron chi connectivity index (χ0n) is 19.1. The van der Waals surface area contributed by atoms with Crippen LogP contribution in [0.15, 0.2) is 48.5 Å². The highest BCUT2D eigenvalue weighted by molar-refractivity contribution is 5.81. The summed E-state index contributed by atoms with van der Waals surface area (Å²) in [6, 6.07) is 14.9. The predicted molar refractivity (Wildman–Crippen MR) is 124 cm³/mol. The van der Waals surface area contributed by atoms with E-state index in [1.54, 1.807) is 20.1 Å². The van der Waals surface area contributed by atoms with Crippen LogP contribution in [0.3, 0.4) is 0 Å². The molecule has 0 unspecified atom stereocenters. The first-order chi connectivity index (χ1) is 15.9. The molecule has 0 aliphatic carbocycles. The zero-order chi connectivity index (χ0) is 24.0. The molecule has 5 atom stereocenters. The summed E-state index contributed by atoms with van der Waals surface area (Å²) >= 11 is 0. The number of ether oxygens (including phenoxy) is 2. The van der Waals surface area contributed by atoms with E-state index in [4.69, 9.17) is 9.47 Å². The van der Waals surface area contributed by atoms with Gasteiger partial charge in [0, 0.05) is 30.0 Å². The van der Waals surface area contributed by atoms with Gasteiger partial charge in [0.05, 0.1) is 19.8 Å². The lowest BCUT2D eigenvalue weighted by Gasteiger charge is -2.28. The number of aliphatic hydroxyl groups is 3. The van der Waals surface area contributed by atoms with E-state index in [2.05, 4.69) is 11.8 Å². The van der Waals surface area contributed by atoms with E-state index in [1.165, 1.54) is 4.90 Å². The summed E-state index contributed by atoms with van der Waals surface area (Å²) in [5.74, 6) is 6.15. The monoisotopic (exact) mass is 453 g/mol. The predicted octanol–water partition coefficient (Wildman–Crippen LogP) is 1.79. The third kappa shape index (κ3) is 5.66. The molecule has 1 amide bonds. The molecule has 1 fully saturated rings. The first-order valence-electron chi connectivity index (χ1n) is 11.0. The summed E-state index contributed by atoms with van der Waals surface area (Å²) in [6.45, 7) is 3.38. The molecular weight excluding hydrogens is 422 g/mol. The Balaban J connectivity index is 1.82. The first-order valence-corrected chi connectivity index (χ1v) is 11.0. The van der Waals surface area contributed by atoms with Crippen LogP contribution in [0.2, 0.25) is 0 Å².